The minimum absolute atomic E-state index is 0.0908. The van der Waals surface area contributed by atoms with Gasteiger partial charge >= 0.3 is 0 Å². The molecule has 5 nitrogen and oxygen atoms in total. The molecule has 0 N–H and O–H groups in total. The van der Waals surface area contributed by atoms with E-state index < -0.39 is 9.84 Å². The summed E-state index contributed by atoms with van der Waals surface area (Å²) in [5.74, 6) is 1.36. The molecule has 1 aromatic rings. The van der Waals surface area contributed by atoms with Crippen molar-refractivity contribution in [3.63, 3.8) is 0 Å². The summed E-state index contributed by atoms with van der Waals surface area (Å²) in [6.45, 7) is 3.77. The predicted molar refractivity (Wildman–Crippen MR) is 88.8 cm³/mol. The Hall–Kier alpha value is -1.74. The summed E-state index contributed by atoms with van der Waals surface area (Å²) in [6.07, 6.45) is 7.70. The maximum Gasteiger partial charge on any atom is 0.179 e. The topological polar surface area (TPSA) is 70.4 Å². The van der Waals surface area contributed by atoms with E-state index in [2.05, 4.69) is 6.19 Å². The van der Waals surface area contributed by atoms with Crippen LogP contribution >= 0.6 is 0 Å². The third kappa shape index (κ3) is 5.43. The number of ether oxygens (including phenoxy) is 1. The Kier molecular flexibility index (Phi) is 5.89. The molecule has 1 aromatic carbocycles. The van der Waals surface area contributed by atoms with Gasteiger partial charge in [0.2, 0.25) is 0 Å². The van der Waals surface area contributed by atoms with E-state index in [-0.39, 0.29) is 6.10 Å². The van der Waals surface area contributed by atoms with Crippen LogP contribution < -0.4 is 4.74 Å². The molecule has 0 unspecified atom stereocenters. The maximum absolute atomic E-state index is 11.4. The normalized spacial score (nSPS) is 17.5. The van der Waals surface area contributed by atoms with Gasteiger partial charge in [-0.3, -0.25) is 0 Å². The molecule has 0 saturated carbocycles. The smallest absolute Gasteiger partial charge is 0.179 e. The number of sulfone groups is 1. The highest BCUT2D eigenvalue weighted by Gasteiger charge is 2.19. The first-order valence-electron chi connectivity index (χ1n) is 8.00. The summed E-state index contributed by atoms with van der Waals surface area (Å²) in [7, 11) is -3.16. The molecule has 0 spiro atoms. The second kappa shape index (κ2) is 7.69. The van der Waals surface area contributed by atoms with Gasteiger partial charge < -0.3 is 9.64 Å². The monoisotopic (exact) mass is 336 g/mol. The van der Waals surface area contributed by atoms with Gasteiger partial charge in [0.25, 0.3) is 0 Å². The molecule has 0 amide bonds. The second-order valence-electron chi connectivity index (χ2n) is 6.28. The van der Waals surface area contributed by atoms with Crippen molar-refractivity contribution >= 4 is 9.84 Å². The molecule has 23 heavy (non-hydrogen) atoms. The fourth-order valence-corrected chi connectivity index (χ4v) is 3.48. The van der Waals surface area contributed by atoms with Gasteiger partial charge in [-0.25, -0.2) is 8.42 Å². The van der Waals surface area contributed by atoms with Gasteiger partial charge in [-0.2, -0.15) is 5.26 Å². The molecule has 1 aliphatic rings. The first kappa shape index (κ1) is 17.6. The van der Waals surface area contributed by atoms with Crippen molar-refractivity contribution in [2.45, 2.75) is 43.6 Å². The highest BCUT2D eigenvalue weighted by molar-refractivity contribution is 7.90. The molecule has 1 aliphatic heterocycles. The van der Waals surface area contributed by atoms with E-state index in [1.165, 1.54) is 6.26 Å². The molecule has 1 saturated heterocycles. The Morgan fingerprint density at radius 3 is 2.43 bits per heavy atom. The summed E-state index contributed by atoms with van der Waals surface area (Å²) in [6, 6.07) is 6.57. The van der Waals surface area contributed by atoms with E-state index in [1.54, 1.807) is 24.3 Å². The molecule has 2 rings (SSSR count). The fraction of sp³-hybridized carbons (Fsp3) is 0.588. The zero-order chi connectivity index (χ0) is 16.9. The van der Waals surface area contributed by atoms with E-state index >= 15 is 0 Å². The van der Waals surface area contributed by atoms with E-state index in [4.69, 9.17) is 10.00 Å². The Bertz CT molecular complexity index is 641. The van der Waals surface area contributed by atoms with Crippen LogP contribution in [0.2, 0.25) is 0 Å². The maximum atomic E-state index is 11.4. The lowest BCUT2D eigenvalue weighted by molar-refractivity contribution is 0.179. The summed E-state index contributed by atoms with van der Waals surface area (Å²) in [5, 5.41) is 8.85. The van der Waals surface area contributed by atoms with Gasteiger partial charge in [-0.15, -0.1) is 0 Å². The van der Waals surface area contributed by atoms with Crippen LogP contribution in [0.1, 0.15) is 32.6 Å². The number of piperidine rings is 1. The zero-order valence-electron chi connectivity index (χ0n) is 13.7. The number of nitrogens with zero attached hydrogens (tertiary/aromatic N) is 2. The third-order valence-corrected chi connectivity index (χ3v) is 5.46. The van der Waals surface area contributed by atoms with E-state index in [0.717, 1.165) is 38.8 Å². The van der Waals surface area contributed by atoms with Crippen molar-refractivity contribution in [2.75, 3.05) is 19.3 Å². The summed E-state index contributed by atoms with van der Waals surface area (Å²) in [4.78, 5) is 2.13. The van der Waals surface area contributed by atoms with Crippen molar-refractivity contribution in [1.82, 2.24) is 4.90 Å². The summed E-state index contributed by atoms with van der Waals surface area (Å²) >= 11 is 0. The van der Waals surface area contributed by atoms with Crippen molar-refractivity contribution in [1.29, 1.82) is 5.26 Å². The number of benzene rings is 1. The molecule has 0 aliphatic carbocycles. The lowest BCUT2D eigenvalue weighted by Crippen LogP contribution is -2.30. The van der Waals surface area contributed by atoms with Crippen LogP contribution in [0.5, 0.6) is 5.75 Å². The minimum atomic E-state index is -3.16. The Labute approximate surface area is 138 Å². The quantitative estimate of drug-likeness (QED) is 0.747. The van der Waals surface area contributed by atoms with Crippen LogP contribution in [0, 0.1) is 17.4 Å². The SMILES string of the molecule is C[C@H](CCC1CCN(C#N)CC1)Oc1ccc(S(C)(=O)=O)cc1. The zero-order valence-corrected chi connectivity index (χ0v) is 14.6. The molecule has 0 radical (unpaired) electrons. The standard InChI is InChI=1S/C17H24N2O3S/c1-14(3-4-15-9-11-19(13-18)12-10-15)22-16-5-7-17(8-6-16)23(2,20)21/h5-8,14-15H,3-4,9-12H2,1-2H3/t14-/m1/s1. The number of likely N-dealkylation sites (tertiary alicyclic amines) is 1. The molecular weight excluding hydrogens is 312 g/mol. The Morgan fingerprint density at radius 2 is 1.91 bits per heavy atom. The average molecular weight is 336 g/mol. The third-order valence-electron chi connectivity index (χ3n) is 4.33. The van der Waals surface area contributed by atoms with E-state index in [1.807, 2.05) is 11.8 Å². The van der Waals surface area contributed by atoms with E-state index in [0.29, 0.717) is 16.6 Å². The number of hydrogen-bond donors (Lipinski definition) is 0. The first-order valence-corrected chi connectivity index (χ1v) is 9.89. The Morgan fingerprint density at radius 1 is 1.30 bits per heavy atom. The highest BCUT2D eigenvalue weighted by Crippen LogP contribution is 2.24. The largest absolute Gasteiger partial charge is 0.491 e. The van der Waals surface area contributed by atoms with Gasteiger partial charge in [0, 0.05) is 19.3 Å². The van der Waals surface area contributed by atoms with Gasteiger partial charge in [0.05, 0.1) is 11.0 Å². The van der Waals surface area contributed by atoms with Gasteiger partial charge in [-0.1, -0.05) is 0 Å². The van der Waals surface area contributed by atoms with E-state index in [9.17, 15) is 8.42 Å². The lowest BCUT2D eigenvalue weighted by atomic mass is 9.91. The summed E-state index contributed by atoms with van der Waals surface area (Å²) in [5.41, 5.74) is 0. The van der Waals surface area contributed by atoms with Gasteiger partial charge in [0.15, 0.2) is 16.0 Å². The summed E-state index contributed by atoms with van der Waals surface area (Å²) < 4.78 is 28.7. The Balaban J connectivity index is 1.77. The van der Waals surface area contributed by atoms with Crippen LogP contribution in [0.3, 0.4) is 0 Å². The molecule has 1 heterocycles. The molecule has 126 valence electrons. The number of nitriles is 1. The van der Waals surface area contributed by atoms with Crippen LogP contribution in [0.15, 0.2) is 29.2 Å². The molecule has 1 atom stereocenters. The first-order chi connectivity index (χ1) is 10.9. The van der Waals surface area contributed by atoms with Crippen molar-refractivity contribution in [3.8, 4) is 11.9 Å². The average Bonchev–Trinajstić information content (AvgIpc) is 2.53. The highest BCUT2D eigenvalue weighted by atomic mass is 32.2. The van der Waals surface area contributed by atoms with Gasteiger partial charge in [-0.05, 0) is 62.8 Å². The second-order valence-corrected chi connectivity index (χ2v) is 8.30. The van der Waals surface area contributed by atoms with Crippen molar-refractivity contribution in [2.24, 2.45) is 5.92 Å². The molecule has 0 aromatic heterocycles. The molecule has 0 bridgehead atoms. The lowest BCUT2D eigenvalue weighted by Gasteiger charge is -2.28. The number of hydrogen-bond acceptors (Lipinski definition) is 5. The molecular formula is C17H24N2O3S. The van der Waals surface area contributed by atoms with Crippen molar-refractivity contribution < 1.29 is 13.2 Å². The molecule has 1 fully saturated rings. The number of rotatable bonds is 6. The van der Waals surface area contributed by atoms with Crippen molar-refractivity contribution in [3.05, 3.63) is 24.3 Å². The molecule has 6 heteroatoms. The van der Waals surface area contributed by atoms with Gasteiger partial charge in [0.1, 0.15) is 5.75 Å². The van der Waals surface area contributed by atoms with Crippen LogP contribution in [-0.2, 0) is 9.84 Å². The fourth-order valence-electron chi connectivity index (χ4n) is 2.85. The van der Waals surface area contributed by atoms with Crippen LogP contribution in [0.4, 0.5) is 0 Å². The van der Waals surface area contributed by atoms with Crippen LogP contribution in [-0.4, -0.2) is 38.8 Å². The minimum Gasteiger partial charge on any atom is -0.491 e. The van der Waals surface area contributed by atoms with Crippen LogP contribution in [0.25, 0.3) is 0 Å². The predicted octanol–water partition coefficient (Wildman–Crippen LogP) is 2.83.